The monoisotopic (exact) mass is 1200 g/mol. The number of imidazole rings is 1. The zero-order valence-electron chi connectivity index (χ0n) is 43.7. The van der Waals surface area contributed by atoms with Gasteiger partial charge in [-0.2, -0.15) is 0 Å². The Balaban J connectivity index is 0.944. The van der Waals surface area contributed by atoms with Gasteiger partial charge in [0, 0.05) is 6.20 Å². The molecular weight excluding hydrogens is 1150 g/mol. The molecule has 0 amide bonds. The van der Waals surface area contributed by atoms with Crippen LogP contribution in [0, 0.1) is 3.80 Å². The molecule has 0 N–H and O–H groups in total. The van der Waals surface area contributed by atoms with Crippen molar-refractivity contribution in [2.24, 2.45) is 0 Å². The fourth-order valence-electron chi connectivity index (χ4n) is 12.0. The van der Waals surface area contributed by atoms with Crippen LogP contribution in [-0.2, 0) is 24.8 Å². The summed E-state index contributed by atoms with van der Waals surface area (Å²) < 4.78 is 17.5. The molecule has 0 atom stereocenters. The Kier molecular flexibility index (Phi) is 10.9. The van der Waals surface area contributed by atoms with Gasteiger partial charge < -0.3 is 0 Å². The molecule has 4 aromatic heterocycles. The van der Waals surface area contributed by atoms with E-state index in [1.807, 2.05) is 12.3 Å². The van der Waals surface area contributed by atoms with Crippen LogP contribution in [0.4, 0.5) is 0 Å². The second kappa shape index (κ2) is 18.4. The Morgan fingerprint density at radius 2 is 0.873 bits per heavy atom. The Hall–Kier alpha value is -9.35. The zero-order valence-corrected chi connectivity index (χ0v) is 46.0. The summed E-state index contributed by atoms with van der Waals surface area (Å²) in [4.78, 5) is 4.93. The fraction of sp³-hybridized carbons (Fsp3) is 0.0556. The summed E-state index contributed by atoms with van der Waals surface area (Å²) in [6, 6.07) is 90.2. The van der Waals surface area contributed by atoms with Crippen LogP contribution in [0.15, 0.2) is 255 Å². The van der Waals surface area contributed by atoms with E-state index in [0.29, 0.717) is 0 Å². The van der Waals surface area contributed by atoms with E-state index < -0.39 is 0 Å². The van der Waals surface area contributed by atoms with Gasteiger partial charge in [0.15, 0.2) is 0 Å². The summed E-state index contributed by atoms with van der Waals surface area (Å²) in [6.45, 7) is 6.73. The Bertz CT molecular complexity index is 4870. The molecule has 0 aliphatic carbocycles. The average Bonchev–Trinajstić information content (AvgIpc) is 4.21. The summed E-state index contributed by atoms with van der Waals surface area (Å²) in [5, 5.41) is 9.54. The topological polar surface area (TPSA) is 41.8 Å². The van der Waals surface area contributed by atoms with Gasteiger partial charge in [0.1, 0.15) is 0 Å². The number of aromatic nitrogens is 5. The van der Waals surface area contributed by atoms with E-state index in [2.05, 4.69) is 301 Å². The van der Waals surface area contributed by atoms with Crippen molar-refractivity contribution in [1.29, 1.82) is 0 Å². The molecule has 0 aliphatic heterocycles. The molecule has 11 aromatic carbocycles. The van der Waals surface area contributed by atoms with Crippen molar-refractivity contribution in [3.63, 3.8) is 0 Å². The first-order valence-electron chi connectivity index (χ1n) is 26.8. The van der Waals surface area contributed by atoms with Gasteiger partial charge in [-0.15, -0.1) is 0 Å². The van der Waals surface area contributed by atoms with E-state index in [9.17, 15) is 0 Å². The van der Waals surface area contributed by atoms with Gasteiger partial charge in [0.25, 0.3) is 0 Å². The average molecular weight is 1200 g/mol. The molecule has 0 bridgehead atoms. The van der Waals surface area contributed by atoms with Crippen LogP contribution in [0.1, 0.15) is 26.3 Å². The molecule has 7 heteroatoms. The van der Waals surface area contributed by atoms with E-state index in [4.69, 9.17) is 9.72 Å². The molecule has 0 fully saturated rings. The standard InChI is InChI=1S/C72H51N5O.Pt/c1-72(2,3)53-37-38-73-70(41-53)77-66-28-13-10-25-60(66)61-36-35-57(45-69(61)77)78-56-22-16-21-54(42-56)74-46-75(68-30-15-14-29-67(68)74)71-62(51-33-31-47-17-4-6-19-49(47)39-51)43-55(44-63(71)52-34-32-48-18-5-7-20-50(48)40-52)76-64-26-11-8-23-58(64)59-24-9-12-27-65(59)76;/h4-45H,1-3H3;. The summed E-state index contributed by atoms with van der Waals surface area (Å²) in [6.07, 6.45) is 1.93. The van der Waals surface area contributed by atoms with Crippen LogP contribution in [0.3, 0.4) is 0 Å². The molecule has 0 spiro atoms. The van der Waals surface area contributed by atoms with Crippen molar-refractivity contribution >= 4 is 76.2 Å². The summed E-state index contributed by atoms with van der Waals surface area (Å²) >= 11 is 2.56. The molecule has 79 heavy (non-hydrogen) atoms. The number of hydrogen-bond donors (Lipinski definition) is 0. The molecule has 0 radical (unpaired) electrons. The van der Waals surface area contributed by atoms with E-state index in [1.54, 1.807) is 0 Å². The Morgan fingerprint density at radius 3 is 1.47 bits per heavy atom. The van der Waals surface area contributed by atoms with Crippen molar-refractivity contribution in [1.82, 2.24) is 23.3 Å². The zero-order chi connectivity index (χ0) is 52.9. The molecule has 15 rings (SSSR count). The van der Waals surface area contributed by atoms with Crippen molar-refractivity contribution in [3.05, 3.63) is 264 Å². The SMILES string of the molecule is CC(C)(C)c1ccnc(-n2c3ccccc3c3ccc(Oc4cccc(-n5[c](=[Pt])n(-c6c(-c7ccc8ccccc8c7)cc(-n7c8ccccc8c8ccccc87)cc6-c6ccc7ccccc7c6)c6ccccc65)c4)cc32)c1. The third kappa shape index (κ3) is 7.81. The van der Waals surface area contributed by atoms with Gasteiger partial charge in [-0.1, -0.05) is 32.9 Å². The quantitative estimate of drug-likeness (QED) is 0.152. The molecule has 380 valence electrons. The minimum absolute atomic E-state index is 0.0318. The first kappa shape index (κ1) is 46.9. The number of fused-ring (bicyclic) bond motifs is 9. The second-order valence-electron chi connectivity index (χ2n) is 21.6. The van der Waals surface area contributed by atoms with Crippen LogP contribution >= 0.6 is 0 Å². The number of hydrogen-bond acceptors (Lipinski definition) is 2. The maximum absolute atomic E-state index is 6.93. The van der Waals surface area contributed by atoms with Crippen molar-refractivity contribution in [2.75, 3.05) is 0 Å². The molecule has 0 aliphatic rings. The predicted octanol–water partition coefficient (Wildman–Crippen LogP) is 18.8. The Morgan fingerprint density at radius 1 is 0.367 bits per heavy atom. The van der Waals surface area contributed by atoms with Crippen molar-refractivity contribution < 1.29 is 24.1 Å². The molecule has 0 unspecified atom stereocenters. The molecular formula is C72H51N5OPt. The normalized spacial score (nSPS) is 12.1. The summed E-state index contributed by atoms with van der Waals surface area (Å²) in [5.41, 5.74) is 15.5. The number of pyridine rings is 1. The number of ether oxygens (including phenoxy) is 1. The molecule has 0 saturated heterocycles. The van der Waals surface area contributed by atoms with Crippen molar-refractivity contribution in [3.8, 4) is 56.6 Å². The van der Waals surface area contributed by atoms with Gasteiger partial charge in [-0.05, 0) is 17.0 Å². The molecule has 15 aromatic rings. The van der Waals surface area contributed by atoms with Gasteiger partial charge in [-0.3, -0.25) is 0 Å². The van der Waals surface area contributed by atoms with Crippen LogP contribution in [0.5, 0.6) is 11.5 Å². The number of nitrogens with zero attached hydrogens (tertiary/aromatic N) is 5. The van der Waals surface area contributed by atoms with Crippen molar-refractivity contribution in [2.45, 2.75) is 26.2 Å². The third-order valence-corrected chi connectivity index (χ3v) is 16.8. The maximum atomic E-state index is 6.93. The van der Waals surface area contributed by atoms with E-state index in [-0.39, 0.29) is 5.41 Å². The number of benzene rings is 11. The molecule has 4 heterocycles. The van der Waals surface area contributed by atoms with Gasteiger partial charge in [0.2, 0.25) is 0 Å². The second-order valence-corrected chi connectivity index (χ2v) is 22.6. The Labute approximate surface area is 467 Å². The van der Waals surface area contributed by atoms with Gasteiger partial charge >= 0.3 is 414 Å². The first-order valence-corrected chi connectivity index (χ1v) is 28.0. The number of rotatable bonds is 8. The van der Waals surface area contributed by atoms with E-state index in [1.165, 1.54) is 43.3 Å². The van der Waals surface area contributed by atoms with E-state index in [0.717, 1.165) is 98.9 Å². The van der Waals surface area contributed by atoms with Crippen LogP contribution in [-0.4, -0.2) is 23.3 Å². The van der Waals surface area contributed by atoms with E-state index >= 15 is 0 Å². The number of para-hydroxylation sites is 5. The first-order chi connectivity index (χ1) is 38.7. The fourth-order valence-corrected chi connectivity index (χ4v) is 13.1. The van der Waals surface area contributed by atoms with Crippen LogP contribution < -0.4 is 4.74 Å². The molecule has 6 nitrogen and oxygen atoms in total. The third-order valence-electron chi connectivity index (χ3n) is 15.8. The molecule has 0 saturated carbocycles. The summed E-state index contributed by atoms with van der Waals surface area (Å²) in [7, 11) is 0. The van der Waals surface area contributed by atoms with Crippen LogP contribution in [0.2, 0.25) is 0 Å². The van der Waals surface area contributed by atoms with Gasteiger partial charge in [-0.25, -0.2) is 0 Å². The predicted molar refractivity (Wildman–Crippen MR) is 323 cm³/mol. The van der Waals surface area contributed by atoms with Gasteiger partial charge in [0.05, 0.1) is 0 Å². The summed E-state index contributed by atoms with van der Waals surface area (Å²) in [5.74, 6) is 2.36. The van der Waals surface area contributed by atoms with Crippen LogP contribution in [0.25, 0.3) is 121 Å². The minimum atomic E-state index is -0.0318.